The minimum atomic E-state index is 0.720. The highest BCUT2D eigenvalue weighted by molar-refractivity contribution is 5.77. The van der Waals surface area contributed by atoms with Crippen molar-refractivity contribution in [2.75, 3.05) is 11.9 Å². The molecular weight excluding hydrogens is 200 g/mol. The molecule has 0 spiro atoms. The number of aryl methyl sites for hydroxylation is 1. The molecule has 0 fully saturated rings. The second kappa shape index (κ2) is 5.01. The van der Waals surface area contributed by atoms with Gasteiger partial charge in [0.15, 0.2) is 11.5 Å². The van der Waals surface area contributed by atoms with Crippen LogP contribution in [0.2, 0.25) is 0 Å². The number of hydrogen-bond donors (Lipinski definition) is 1. The molecule has 2 aromatic rings. The fraction of sp³-hybridized carbons (Fsp3) is 0.462. The molecule has 0 bridgehead atoms. The summed E-state index contributed by atoms with van der Waals surface area (Å²) < 4.78 is 5.43. The van der Waals surface area contributed by atoms with E-state index < -0.39 is 0 Å². The number of unbranched alkanes of at least 4 members (excludes halogenated alkanes) is 2. The first-order chi connectivity index (χ1) is 7.79. The van der Waals surface area contributed by atoms with Gasteiger partial charge in [0, 0.05) is 19.2 Å². The molecule has 0 atom stereocenters. The summed E-state index contributed by atoms with van der Waals surface area (Å²) in [6.45, 7) is 5.11. The van der Waals surface area contributed by atoms with Gasteiger partial charge in [-0.2, -0.15) is 0 Å². The zero-order valence-electron chi connectivity index (χ0n) is 9.92. The highest BCUT2D eigenvalue weighted by Crippen LogP contribution is 2.19. The molecular formula is C13H18N2O. The molecule has 0 aliphatic rings. The average Bonchev–Trinajstić information content (AvgIpc) is 2.64. The molecule has 0 saturated heterocycles. The molecule has 1 N–H and O–H groups in total. The minimum Gasteiger partial charge on any atom is -0.441 e. The molecule has 86 valence electrons. The summed E-state index contributed by atoms with van der Waals surface area (Å²) in [6, 6.07) is 6.05. The highest BCUT2D eigenvalue weighted by Gasteiger charge is 2.02. The standard InChI is InChI=1S/C13H18N2O/c1-3-4-5-8-14-11-6-7-13-12(9-11)15-10(2)16-13/h6-7,9,14H,3-5,8H2,1-2H3. The zero-order valence-corrected chi connectivity index (χ0v) is 9.92. The average molecular weight is 218 g/mol. The number of anilines is 1. The summed E-state index contributed by atoms with van der Waals surface area (Å²) in [5, 5.41) is 3.40. The van der Waals surface area contributed by atoms with Crippen LogP contribution in [0.15, 0.2) is 22.6 Å². The summed E-state index contributed by atoms with van der Waals surface area (Å²) in [4.78, 5) is 4.31. The van der Waals surface area contributed by atoms with E-state index >= 15 is 0 Å². The first kappa shape index (κ1) is 11.0. The Morgan fingerprint density at radius 1 is 1.31 bits per heavy atom. The van der Waals surface area contributed by atoms with E-state index in [2.05, 4.69) is 17.2 Å². The number of fused-ring (bicyclic) bond motifs is 1. The molecule has 0 saturated carbocycles. The van der Waals surface area contributed by atoms with E-state index in [9.17, 15) is 0 Å². The van der Waals surface area contributed by atoms with Crippen LogP contribution in [-0.4, -0.2) is 11.5 Å². The number of rotatable bonds is 5. The Bertz CT molecular complexity index is 462. The van der Waals surface area contributed by atoms with Crippen molar-refractivity contribution in [2.24, 2.45) is 0 Å². The SMILES string of the molecule is CCCCCNc1ccc2oc(C)nc2c1. The van der Waals surface area contributed by atoms with Crippen LogP contribution in [0.3, 0.4) is 0 Å². The maximum atomic E-state index is 5.43. The van der Waals surface area contributed by atoms with Gasteiger partial charge in [0.25, 0.3) is 0 Å². The summed E-state index contributed by atoms with van der Waals surface area (Å²) in [6.07, 6.45) is 3.74. The molecule has 3 nitrogen and oxygen atoms in total. The van der Waals surface area contributed by atoms with Crippen molar-refractivity contribution < 1.29 is 4.42 Å². The van der Waals surface area contributed by atoms with E-state index in [4.69, 9.17) is 4.42 Å². The summed E-state index contributed by atoms with van der Waals surface area (Å²) in [7, 11) is 0. The Morgan fingerprint density at radius 3 is 3.00 bits per heavy atom. The lowest BCUT2D eigenvalue weighted by Gasteiger charge is -2.04. The first-order valence-electron chi connectivity index (χ1n) is 5.90. The maximum Gasteiger partial charge on any atom is 0.192 e. The lowest BCUT2D eigenvalue weighted by Crippen LogP contribution is -2.00. The maximum absolute atomic E-state index is 5.43. The van der Waals surface area contributed by atoms with Crippen molar-refractivity contribution >= 4 is 16.8 Å². The van der Waals surface area contributed by atoms with Gasteiger partial charge in [-0.3, -0.25) is 0 Å². The van der Waals surface area contributed by atoms with Crippen LogP contribution in [0.25, 0.3) is 11.1 Å². The van der Waals surface area contributed by atoms with E-state index in [-0.39, 0.29) is 0 Å². The molecule has 0 amide bonds. The highest BCUT2D eigenvalue weighted by atomic mass is 16.3. The predicted molar refractivity (Wildman–Crippen MR) is 66.8 cm³/mol. The van der Waals surface area contributed by atoms with Gasteiger partial charge >= 0.3 is 0 Å². The summed E-state index contributed by atoms with van der Waals surface area (Å²) in [5.41, 5.74) is 2.91. The summed E-state index contributed by atoms with van der Waals surface area (Å²) in [5.74, 6) is 0.720. The van der Waals surface area contributed by atoms with Gasteiger partial charge in [-0.1, -0.05) is 19.8 Å². The Kier molecular flexibility index (Phi) is 3.44. The molecule has 1 aromatic carbocycles. The quantitative estimate of drug-likeness (QED) is 0.777. The van der Waals surface area contributed by atoms with Gasteiger partial charge in [0.1, 0.15) is 5.52 Å². The number of nitrogens with one attached hydrogen (secondary N) is 1. The lowest BCUT2D eigenvalue weighted by molar-refractivity contribution is 0.561. The molecule has 3 heteroatoms. The number of aromatic nitrogens is 1. The molecule has 1 aromatic heterocycles. The topological polar surface area (TPSA) is 38.1 Å². The molecule has 0 aliphatic heterocycles. The van der Waals surface area contributed by atoms with E-state index in [1.807, 2.05) is 25.1 Å². The van der Waals surface area contributed by atoms with Gasteiger partial charge < -0.3 is 9.73 Å². The van der Waals surface area contributed by atoms with Gasteiger partial charge in [-0.25, -0.2) is 4.98 Å². The Balaban J connectivity index is 2.02. The fourth-order valence-electron chi connectivity index (χ4n) is 1.76. The van der Waals surface area contributed by atoms with E-state index in [0.29, 0.717) is 0 Å². The Labute approximate surface area is 95.9 Å². The van der Waals surface area contributed by atoms with Crippen LogP contribution in [0.1, 0.15) is 32.1 Å². The number of nitrogens with zero attached hydrogens (tertiary/aromatic N) is 1. The normalized spacial score (nSPS) is 10.9. The predicted octanol–water partition coefficient (Wildman–Crippen LogP) is 3.74. The monoisotopic (exact) mass is 218 g/mol. The van der Waals surface area contributed by atoms with Crippen molar-refractivity contribution in [1.82, 2.24) is 4.98 Å². The molecule has 2 rings (SSSR count). The van der Waals surface area contributed by atoms with Crippen molar-refractivity contribution in [2.45, 2.75) is 33.1 Å². The molecule has 0 unspecified atom stereocenters. The van der Waals surface area contributed by atoms with Crippen LogP contribution in [0.4, 0.5) is 5.69 Å². The van der Waals surface area contributed by atoms with Crippen molar-refractivity contribution in [1.29, 1.82) is 0 Å². The number of hydrogen-bond acceptors (Lipinski definition) is 3. The smallest absolute Gasteiger partial charge is 0.192 e. The largest absolute Gasteiger partial charge is 0.441 e. The van der Waals surface area contributed by atoms with E-state index in [0.717, 1.165) is 29.2 Å². The van der Waals surface area contributed by atoms with E-state index in [1.54, 1.807) is 0 Å². The molecule has 16 heavy (non-hydrogen) atoms. The van der Waals surface area contributed by atoms with Gasteiger partial charge in [-0.15, -0.1) is 0 Å². The van der Waals surface area contributed by atoms with Crippen LogP contribution in [-0.2, 0) is 0 Å². The Hall–Kier alpha value is -1.51. The molecule has 1 heterocycles. The number of oxazole rings is 1. The summed E-state index contributed by atoms with van der Waals surface area (Å²) >= 11 is 0. The van der Waals surface area contributed by atoms with E-state index in [1.165, 1.54) is 19.3 Å². The Morgan fingerprint density at radius 2 is 2.19 bits per heavy atom. The fourth-order valence-corrected chi connectivity index (χ4v) is 1.76. The van der Waals surface area contributed by atoms with Crippen molar-refractivity contribution in [3.05, 3.63) is 24.1 Å². The van der Waals surface area contributed by atoms with Gasteiger partial charge in [-0.05, 0) is 24.6 Å². The minimum absolute atomic E-state index is 0.720. The van der Waals surface area contributed by atoms with Crippen molar-refractivity contribution in [3.63, 3.8) is 0 Å². The first-order valence-corrected chi connectivity index (χ1v) is 5.90. The number of benzene rings is 1. The second-order valence-electron chi connectivity index (χ2n) is 4.05. The lowest BCUT2D eigenvalue weighted by atomic mass is 10.2. The zero-order chi connectivity index (χ0) is 11.4. The molecule has 0 aliphatic carbocycles. The van der Waals surface area contributed by atoms with Crippen LogP contribution in [0.5, 0.6) is 0 Å². The second-order valence-corrected chi connectivity index (χ2v) is 4.05. The van der Waals surface area contributed by atoms with Crippen LogP contribution < -0.4 is 5.32 Å². The van der Waals surface area contributed by atoms with Gasteiger partial charge in [0.05, 0.1) is 0 Å². The third kappa shape index (κ3) is 2.54. The third-order valence-electron chi connectivity index (χ3n) is 2.60. The van der Waals surface area contributed by atoms with Crippen molar-refractivity contribution in [3.8, 4) is 0 Å². The molecule has 0 radical (unpaired) electrons. The van der Waals surface area contributed by atoms with Crippen LogP contribution in [0, 0.1) is 6.92 Å². The third-order valence-corrected chi connectivity index (χ3v) is 2.60. The van der Waals surface area contributed by atoms with Crippen LogP contribution >= 0.6 is 0 Å². The van der Waals surface area contributed by atoms with Gasteiger partial charge in [0.2, 0.25) is 0 Å².